The summed E-state index contributed by atoms with van der Waals surface area (Å²) in [5.41, 5.74) is -0.161. The topological polar surface area (TPSA) is 132 Å². The lowest BCUT2D eigenvalue weighted by Gasteiger charge is -2.47. The van der Waals surface area contributed by atoms with Crippen LogP contribution in [-0.2, 0) is 31.1 Å². The average molecular weight is 806 g/mol. The zero-order chi connectivity index (χ0) is 38.2. The summed E-state index contributed by atoms with van der Waals surface area (Å²) < 4.78 is 60.8. The van der Waals surface area contributed by atoms with Gasteiger partial charge in [0, 0.05) is 68.5 Å². The highest BCUT2D eigenvalue weighted by Crippen LogP contribution is 2.54. The quantitative estimate of drug-likeness (QED) is 0.276. The van der Waals surface area contributed by atoms with Gasteiger partial charge in [-0.1, -0.05) is 47.5 Å². The second kappa shape index (κ2) is 15.5. The van der Waals surface area contributed by atoms with Crippen LogP contribution in [0, 0.1) is 0 Å². The van der Waals surface area contributed by atoms with Gasteiger partial charge < -0.3 is 9.64 Å². The summed E-state index contributed by atoms with van der Waals surface area (Å²) in [6, 6.07) is 19.3. The third-order valence-corrected chi connectivity index (χ3v) is 13.7. The molecule has 6 rings (SSSR count). The number of ether oxygens (including phenoxy) is 1. The lowest BCUT2D eigenvalue weighted by molar-refractivity contribution is 0.0872. The van der Waals surface area contributed by atoms with Crippen LogP contribution in [0.2, 0.25) is 10.0 Å². The standard InChI is InChI=1S/C37H46Cl2N6O6S2/c1-5-51-33-26-31(53(49,50)44-19-6-7-20-44)16-17-32(33)34-41-36(2,27-8-12-29(38)13-9-27)37(3,28-10-14-30(39)15-11-28)45(34)35(46)43-24-22-42(23-25-43)21-18-40-52(4,47)48/h8-17,26,40H,5-7,18-25H2,1-4H3/t36-,37-/m1/s1. The van der Waals surface area contributed by atoms with E-state index < -0.39 is 31.1 Å². The molecule has 0 spiro atoms. The van der Waals surface area contributed by atoms with Gasteiger partial charge in [-0.25, -0.2) is 26.4 Å². The molecule has 12 nitrogen and oxygen atoms in total. The Kier molecular flexibility index (Phi) is 11.5. The summed E-state index contributed by atoms with van der Waals surface area (Å²) in [4.78, 5) is 26.4. The number of carbonyl (C=O) groups excluding carboxylic acids is 1. The van der Waals surface area contributed by atoms with Crippen LogP contribution in [0.1, 0.15) is 50.3 Å². The predicted molar refractivity (Wildman–Crippen MR) is 208 cm³/mol. The number of sulfonamides is 2. The van der Waals surface area contributed by atoms with Gasteiger partial charge in [0.2, 0.25) is 20.0 Å². The molecule has 3 aliphatic rings. The summed E-state index contributed by atoms with van der Waals surface area (Å²) in [7, 11) is -7.09. The Morgan fingerprint density at radius 2 is 1.43 bits per heavy atom. The van der Waals surface area contributed by atoms with Gasteiger partial charge in [-0.2, -0.15) is 4.31 Å². The molecule has 0 radical (unpaired) electrons. The maximum Gasteiger partial charge on any atom is 0.326 e. The summed E-state index contributed by atoms with van der Waals surface area (Å²) in [5.74, 6) is 0.629. The molecule has 0 aromatic heterocycles. The number of urea groups is 1. The normalized spacial score (nSPS) is 23.0. The van der Waals surface area contributed by atoms with Crippen molar-refractivity contribution in [1.82, 2.24) is 23.7 Å². The van der Waals surface area contributed by atoms with Crippen LogP contribution in [0.15, 0.2) is 76.6 Å². The molecule has 1 N–H and O–H groups in total. The van der Waals surface area contributed by atoms with Crippen LogP contribution in [0.3, 0.4) is 0 Å². The summed E-state index contributed by atoms with van der Waals surface area (Å²) in [6.07, 6.45) is 2.75. The van der Waals surface area contributed by atoms with Crippen LogP contribution < -0.4 is 9.46 Å². The van der Waals surface area contributed by atoms with E-state index in [1.807, 2.05) is 45.0 Å². The number of amidine groups is 1. The second-order valence-corrected chi connectivity index (χ2v) is 18.6. The lowest BCUT2D eigenvalue weighted by atomic mass is 9.71. The largest absolute Gasteiger partial charge is 0.493 e. The first-order valence-corrected chi connectivity index (χ1v) is 21.8. The van der Waals surface area contributed by atoms with Crippen molar-refractivity contribution in [2.24, 2.45) is 4.99 Å². The molecular weight excluding hydrogens is 759 g/mol. The van der Waals surface area contributed by atoms with Crippen LogP contribution in [0.5, 0.6) is 5.75 Å². The molecule has 286 valence electrons. The van der Waals surface area contributed by atoms with Crippen LogP contribution in [-0.4, -0.2) is 113 Å². The maximum atomic E-state index is 15.2. The molecule has 2 atom stereocenters. The molecule has 2 fully saturated rings. The first-order chi connectivity index (χ1) is 25.1. The third kappa shape index (κ3) is 7.82. The van der Waals surface area contributed by atoms with E-state index in [2.05, 4.69) is 9.62 Å². The van der Waals surface area contributed by atoms with Crippen molar-refractivity contribution in [3.63, 3.8) is 0 Å². The molecule has 16 heteroatoms. The molecule has 3 heterocycles. The van der Waals surface area contributed by atoms with E-state index in [9.17, 15) is 16.8 Å². The van der Waals surface area contributed by atoms with Crippen LogP contribution >= 0.6 is 23.2 Å². The van der Waals surface area contributed by atoms with E-state index in [4.69, 9.17) is 32.9 Å². The van der Waals surface area contributed by atoms with Crippen molar-refractivity contribution in [1.29, 1.82) is 0 Å². The zero-order valence-electron chi connectivity index (χ0n) is 30.4. The van der Waals surface area contributed by atoms with Crippen molar-refractivity contribution in [2.45, 2.75) is 49.6 Å². The van der Waals surface area contributed by atoms with Gasteiger partial charge in [0.1, 0.15) is 22.7 Å². The Bertz CT molecular complexity index is 2070. The van der Waals surface area contributed by atoms with E-state index in [1.165, 1.54) is 4.31 Å². The van der Waals surface area contributed by atoms with E-state index in [-0.39, 0.29) is 24.1 Å². The van der Waals surface area contributed by atoms with Crippen LogP contribution in [0.25, 0.3) is 0 Å². The number of halogens is 2. The van der Waals surface area contributed by atoms with Crippen molar-refractivity contribution in [2.75, 3.05) is 65.2 Å². The van der Waals surface area contributed by atoms with Crippen molar-refractivity contribution < 1.29 is 26.4 Å². The van der Waals surface area contributed by atoms with Gasteiger partial charge in [0.25, 0.3) is 0 Å². The third-order valence-electron chi connectivity index (χ3n) is 10.6. The van der Waals surface area contributed by atoms with Crippen molar-refractivity contribution in [3.8, 4) is 5.75 Å². The predicted octanol–water partition coefficient (Wildman–Crippen LogP) is 5.36. The van der Waals surface area contributed by atoms with E-state index in [0.29, 0.717) is 73.0 Å². The Balaban J connectivity index is 1.48. The summed E-state index contributed by atoms with van der Waals surface area (Å²) in [6.45, 7) is 9.60. The van der Waals surface area contributed by atoms with Gasteiger partial charge in [0.05, 0.1) is 23.3 Å². The molecule has 0 saturated carbocycles. The van der Waals surface area contributed by atoms with Gasteiger partial charge in [0.15, 0.2) is 0 Å². The number of aliphatic imine (C=N–C) groups is 1. The van der Waals surface area contributed by atoms with E-state index in [0.717, 1.165) is 30.2 Å². The minimum Gasteiger partial charge on any atom is -0.493 e. The number of benzene rings is 3. The summed E-state index contributed by atoms with van der Waals surface area (Å²) in [5, 5.41) is 1.09. The van der Waals surface area contributed by atoms with Crippen molar-refractivity contribution >= 4 is 55.1 Å². The van der Waals surface area contributed by atoms with Crippen molar-refractivity contribution in [3.05, 3.63) is 93.5 Å². The maximum absolute atomic E-state index is 15.2. The Labute approximate surface area is 322 Å². The molecule has 3 aromatic carbocycles. The lowest BCUT2D eigenvalue weighted by Crippen LogP contribution is -2.61. The molecular formula is C37H46Cl2N6O6S2. The Morgan fingerprint density at radius 1 is 0.849 bits per heavy atom. The first-order valence-electron chi connectivity index (χ1n) is 17.7. The van der Waals surface area contributed by atoms with Gasteiger partial charge in [-0.15, -0.1) is 0 Å². The fraction of sp³-hybridized carbons (Fsp3) is 0.459. The molecule has 0 aliphatic carbocycles. The Hall–Kier alpha value is -3.24. The van der Waals surface area contributed by atoms with E-state index >= 15 is 4.79 Å². The number of carbonyl (C=O) groups is 1. The monoisotopic (exact) mass is 804 g/mol. The number of nitrogens with one attached hydrogen (secondary N) is 1. The zero-order valence-corrected chi connectivity index (χ0v) is 33.5. The highest BCUT2D eigenvalue weighted by atomic mass is 35.5. The van der Waals surface area contributed by atoms with Gasteiger partial charge in [-0.05, 0) is 81.1 Å². The van der Waals surface area contributed by atoms with Crippen LogP contribution in [0.4, 0.5) is 4.79 Å². The second-order valence-electron chi connectivity index (χ2n) is 13.9. The molecule has 0 bridgehead atoms. The molecule has 3 aliphatic heterocycles. The number of hydrogen-bond acceptors (Lipinski definition) is 8. The Morgan fingerprint density at radius 3 is 2.00 bits per heavy atom. The molecule has 53 heavy (non-hydrogen) atoms. The molecule has 0 unspecified atom stereocenters. The highest BCUT2D eigenvalue weighted by molar-refractivity contribution is 7.89. The minimum absolute atomic E-state index is 0.116. The van der Waals surface area contributed by atoms with E-state index in [1.54, 1.807) is 52.3 Å². The molecule has 2 amide bonds. The van der Waals surface area contributed by atoms with Gasteiger partial charge in [-0.3, -0.25) is 14.8 Å². The fourth-order valence-corrected chi connectivity index (χ4v) is 9.71. The number of amides is 2. The first kappa shape index (κ1) is 39.5. The minimum atomic E-state index is -3.77. The number of nitrogens with zero attached hydrogens (tertiary/aromatic N) is 5. The SMILES string of the molecule is CCOc1cc(S(=O)(=O)N2CCCC2)ccc1C1=N[C@](C)(c2ccc(Cl)cc2)[C@@](C)(c2ccc(Cl)cc2)N1C(=O)N1CCN(CCNS(C)(=O)=O)CC1. The highest BCUT2D eigenvalue weighted by Gasteiger charge is 2.60. The number of hydrogen-bond donors (Lipinski definition) is 1. The summed E-state index contributed by atoms with van der Waals surface area (Å²) >= 11 is 12.8. The molecule has 2 saturated heterocycles. The number of rotatable bonds is 11. The van der Waals surface area contributed by atoms with Gasteiger partial charge >= 0.3 is 6.03 Å². The smallest absolute Gasteiger partial charge is 0.326 e. The average Bonchev–Trinajstić information content (AvgIpc) is 3.75. The molecule has 3 aromatic rings. The fourth-order valence-electron chi connectivity index (χ4n) is 7.46. The number of piperazine rings is 1.